The highest BCUT2D eigenvalue weighted by Gasteiger charge is 2.30. The quantitative estimate of drug-likeness (QED) is 0.0358. The Kier molecular flexibility index (Phi) is 32.0. The maximum absolute atomic E-state index is 13.3. The van der Waals surface area contributed by atoms with Gasteiger partial charge in [-0.15, -0.1) is 0 Å². The number of hydrogen-bond donors (Lipinski definition) is 0. The molecule has 53 heavy (non-hydrogen) atoms. The van der Waals surface area contributed by atoms with Crippen LogP contribution >= 0.6 is 0 Å². The number of carbonyl (C=O) groups is 2. The first kappa shape index (κ1) is 51.6. The molecule has 314 valence electrons. The van der Waals surface area contributed by atoms with Crippen molar-refractivity contribution in [3.63, 3.8) is 0 Å². The third kappa shape index (κ3) is 29.6. The van der Waals surface area contributed by atoms with E-state index >= 15 is 0 Å². The summed E-state index contributed by atoms with van der Waals surface area (Å²) >= 11 is 0. The highest BCUT2D eigenvalue weighted by Crippen LogP contribution is 2.32. The molecule has 0 rings (SSSR count). The number of unbranched alkanes of at least 4 members (excludes halogenated alkanes) is 14. The summed E-state index contributed by atoms with van der Waals surface area (Å²) in [5, 5.41) is 0. The third-order valence-electron chi connectivity index (χ3n) is 11.5. The lowest BCUT2D eigenvalue weighted by Crippen LogP contribution is -2.28. The molecule has 0 aliphatic carbocycles. The fourth-order valence-corrected chi connectivity index (χ4v) is 7.55. The van der Waals surface area contributed by atoms with Gasteiger partial charge in [-0.2, -0.15) is 0 Å². The van der Waals surface area contributed by atoms with Crippen LogP contribution in [-0.4, -0.2) is 50.7 Å². The second-order valence-electron chi connectivity index (χ2n) is 18.4. The molecule has 2 atom stereocenters. The van der Waals surface area contributed by atoms with Gasteiger partial charge in [-0.1, -0.05) is 161 Å². The largest absolute Gasteiger partial charge is 0.465 e. The van der Waals surface area contributed by atoms with E-state index in [1.165, 1.54) is 115 Å². The molecule has 0 N–H and O–H groups in total. The number of rotatable bonds is 38. The molecule has 2 unspecified atom stereocenters. The summed E-state index contributed by atoms with van der Waals surface area (Å²) in [5.41, 5.74) is 0.486. The summed E-state index contributed by atoms with van der Waals surface area (Å²) in [6, 6.07) is 0. The van der Waals surface area contributed by atoms with Crippen LogP contribution in [0.1, 0.15) is 228 Å². The topological polar surface area (TPSA) is 55.8 Å². The van der Waals surface area contributed by atoms with Crippen molar-refractivity contribution in [2.45, 2.75) is 228 Å². The Labute approximate surface area is 332 Å². The number of ether oxygens (including phenoxy) is 2. The maximum Gasteiger partial charge on any atom is 0.311 e. The summed E-state index contributed by atoms with van der Waals surface area (Å²) in [6.07, 6.45) is 32.9. The molecule has 0 heterocycles. The Morgan fingerprint density at radius 1 is 0.547 bits per heavy atom. The van der Waals surface area contributed by atoms with Crippen molar-refractivity contribution in [3.05, 3.63) is 12.2 Å². The lowest BCUT2D eigenvalue weighted by atomic mass is 9.83. The van der Waals surface area contributed by atoms with E-state index in [1.54, 1.807) is 0 Å². The van der Waals surface area contributed by atoms with Crippen LogP contribution in [-0.2, 0) is 19.1 Å². The van der Waals surface area contributed by atoms with Gasteiger partial charge in [-0.25, -0.2) is 0 Å². The van der Waals surface area contributed by atoms with Crippen molar-refractivity contribution in [3.8, 4) is 0 Å². The van der Waals surface area contributed by atoms with E-state index in [4.69, 9.17) is 9.47 Å². The normalized spacial score (nSPS) is 13.3. The minimum atomic E-state index is -0.449. The molecule has 0 aromatic rings. The van der Waals surface area contributed by atoms with E-state index in [9.17, 15) is 9.59 Å². The van der Waals surface area contributed by atoms with Gasteiger partial charge in [-0.05, 0) is 112 Å². The number of nitrogens with zero attached hydrogens (tertiary/aromatic N) is 1. The Hall–Kier alpha value is -1.36. The van der Waals surface area contributed by atoms with Gasteiger partial charge < -0.3 is 14.4 Å². The molecule has 0 amide bonds. The van der Waals surface area contributed by atoms with Gasteiger partial charge in [0.1, 0.15) is 0 Å². The van der Waals surface area contributed by atoms with Crippen LogP contribution in [0.4, 0.5) is 0 Å². The number of esters is 2. The van der Waals surface area contributed by atoms with Crippen LogP contribution in [0.3, 0.4) is 0 Å². The minimum Gasteiger partial charge on any atom is -0.465 e. The number of carbonyl (C=O) groups excluding carboxylic acids is 2. The minimum absolute atomic E-state index is 0.0154. The average molecular weight is 748 g/mol. The molecule has 0 saturated heterocycles. The summed E-state index contributed by atoms with van der Waals surface area (Å²) in [6.45, 7) is 21.8. The predicted octanol–water partition coefficient (Wildman–Crippen LogP) is 14.5. The van der Waals surface area contributed by atoms with Crippen LogP contribution in [0.2, 0.25) is 0 Å². The number of hydrogen-bond acceptors (Lipinski definition) is 5. The average Bonchev–Trinajstić information content (AvgIpc) is 3.11. The highest BCUT2D eigenvalue weighted by atomic mass is 16.5. The Morgan fingerprint density at radius 2 is 0.962 bits per heavy atom. The first-order chi connectivity index (χ1) is 25.3. The van der Waals surface area contributed by atoms with Gasteiger partial charge in [0, 0.05) is 0 Å². The SMILES string of the molecule is C=C(CCCN(C)C)CC(CCCCC(C)(C)C(=O)OCCCCCCCCC)CCCCC(C)(C)C(=O)OCC(CCCCC)CCCCCCC. The van der Waals surface area contributed by atoms with Crippen LogP contribution in [0.25, 0.3) is 0 Å². The zero-order valence-corrected chi connectivity index (χ0v) is 37.4. The molecule has 0 fully saturated rings. The van der Waals surface area contributed by atoms with E-state index < -0.39 is 10.8 Å². The van der Waals surface area contributed by atoms with Gasteiger partial charge in [0.15, 0.2) is 0 Å². The molecule has 5 heteroatoms. The van der Waals surface area contributed by atoms with Crippen molar-refractivity contribution >= 4 is 11.9 Å². The molecule has 5 nitrogen and oxygen atoms in total. The van der Waals surface area contributed by atoms with Gasteiger partial charge >= 0.3 is 11.9 Å². The summed E-state index contributed by atoms with van der Waals surface area (Å²) in [5.74, 6) is 1.05. The monoisotopic (exact) mass is 748 g/mol. The fourth-order valence-electron chi connectivity index (χ4n) is 7.55. The smallest absolute Gasteiger partial charge is 0.311 e. The summed E-state index contributed by atoms with van der Waals surface area (Å²) in [4.78, 5) is 28.4. The highest BCUT2D eigenvalue weighted by molar-refractivity contribution is 5.76. The first-order valence-corrected chi connectivity index (χ1v) is 22.9. The zero-order valence-electron chi connectivity index (χ0n) is 37.4. The zero-order chi connectivity index (χ0) is 39.8. The maximum atomic E-state index is 13.3. The lowest BCUT2D eigenvalue weighted by Gasteiger charge is -2.25. The molecule has 0 saturated carbocycles. The van der Waals surface area contributed by atoms with E-state index in [0.717, 1.165) is 77.2 Å². The van der Waals surface area contributed by atoms with Crippen molar-refractivity contribution in [2.24, 2.45) is 22.7 Å². The predicted molar refractivity (Wildman–Crippen MR) is 230 cm³/mol. The fraction of sp³-hybridized carbons (Fsp3) is 0.917. The Morgan fingerprint density at radius 3 is 1.49 bits per heavy atom. The molecular formula is C48H93NO4. The molecule has 0 aliphatic heterocycles. The van der Waals surface area contributed by atoms with Crippen LogP contribution in [0.5, 0.6) is 0 Å². The van der Waals surface area contributed by atoms with Crippen molar-refractivity contribution in [1.29, 1.82) is 0 Å². The van der Waals surface area contributed by atoms with E-state index in [1.807, 2.05) is 0 Å². The van der Waals surface area contributed by atoms with E-state index in [-0.39, 0.29) is 11.9 Å². The van der Waals surface area contributed by atoms with Crippen LogP contribution < -0.4 is 0 Å². The molecule has 0 aromatic carbocycles. The van der Waals surface area contributed by atoms with Gasteiger partial charge in [0.25, 0.3) is 0 Å². The lowest BCUT2D eigenvalue weighted by molar-refractivity contribution is -0.156. The Balaban J connectivity index is 4.87. The van der Waals surface area contributed by atoms with Gasteiger partial charge in [-0.3, -0.25) is 9.59 Å². The molecule has 0 aromatic heterocycles. The van der Waals surface area contributed by atoms with Crippen LogP contribution in [0.15, 0.2) is 12.2 Å². The third-order valence-corrected chi connectivity index (χ3v) is 11.5. The second-order valence-corrected chi connectivity index (χ2v) is 18.4. The first-order valence-electron chi connectivity index (χ1n) is 22.9. The van der Waals surface area contributed by atoms with E-state index in [0.29, 0.717) is 25.0 Å². The Bertz CT molecular complexity index is 894. The molecule has 0 spiro atoms. The number of allylic oxidation sites excluding steroid dienone is 1. The molecule has 0 aliphatic rings. The van der Waals surface area contributed by atoms with Crippen LogP contribution in [0, 0.1) is 22.7 Å². The summed E-state index contributed by atoms with van der Waals surface area (Å²) < 4.78 is 11.8. The van der Waals surface area contributed by atoms with Crippen molar-refractivity contribution in [2.75, 3.05) is 33.9 Å². The second kappa shape index (κ2) is 32.8. The van der Waals surface area contributed by atoms with Gasteiger partial charge in [0.05, 0.1) is 24.0 Å². The molecule has 0 bridgehead atoms. The molecular weight excluding hydrogens is 655 g/mol. The molecule has 0 radical (unpaired) electrons. The summed E-state index contributed by atoms with van der Waals surface area (Å²) in [7, 11) is 4.27. The van der Waals surface area contributed by atoms with Crippen molar-refractivity contribution in [1.82, 2.24) is 4.90 Å². The van der Waals surface area contributed by atoms with Crippen molar-refractivity contribution < 1.29 is 19.1 Å². The van der Waals surface area contributed by atoms with Gasteiger partial charge in [0.2, 0.25) is 0 Å². The standard InChI is InChI=1S/C48H93NO4/c1-11-14-17-19-20-22-29-39-52-45(50)47(5,6)36-27-25-32-43(40-42(4)31-30-38-49(9)10)33-26-28-37-48(7,8)46(51)53-41-44(34-23-16-13-3)35-24-21-18-15-12-2/h43-44H,4,11-41H2,1-3,5-10H3. The van der Waals surface area contributed by atoms with E-state index in [2.05, 4.69) is 74.0 Å².